The number of amides is 2. The lowest BCUT2D eigenvalue weighted by Crippen LogP contribution is -2.50. The molecule has 27 heavy (non-hydrogen) atoms. The normalized spacial score (nSPS) is 14.3. The largest absolute Gasteiger partial charge is 0.353 e. The zero-order chi connectivity index (χ0) is 18.6. The van der Waals surface area contributed by atoms with Gasteiger partial charge in [0, 0.05) is 44.6 Å². The summed E-state index contributed by atoms with van der Waals surface area (Å²) in [5.41, 5.74) is 0.192. The lowest BCUT2D eigenvalue weighted by Gasteiger charge is -2.35. The van der Waals surface area contributed by atoms with Crippen LogP contribution in [0.4, 0.5) is 20.7 Å². The van der Waals surface area contributed by atoms with E-state index in [0.29, 0.717) is 26.2 Å². The van der Waals surface area contributed by atoms with Gasteiger partial charge in [-0.05, 0) is 24.3 Å². The zero-order valence-corrected chi connectivity index (χ0v) is 14.6. The number of carbonyl (C=O) groups is 1. The van der Waals surface area contributed by atoms with Gasteiger partial charge < -0.3 is 19.7 Å². The Balaban J connectivity index is 1.38. The molecule has 0 saturated carbocycles. The third-order valence-electron chi connectivity index (χ3n) is 4.51. The van der Waals surface area contributed by atoms with Crippen LogP contribution in [0.15, 0.2) is 61.2 Å². The Hall–Kier alpha value is -3.42. The van der Waals surface area contributed by atoms with Crippen molar-refractivity contribution in [1.29, 1.82) is 0 Å². The van der Waals surface area contributed by atoms with Gasteiger partial charge in [0.2, 0.25) is 0 Å². The van der Waals surface area contributed by atoms with Crippen molar-refractivity contribution in [3.05, 3.63) is 67.0 Å². The summed E-state index contributed by atoms with van der Waals surface area (Å²) >= 11 is 0. The monoisotopic (exact) mass is 366 g/mol. The van der Waals surface area contributed by atoms with E-state index in [1.54, 1.807) is 29.4 Å². The van der Waals surface area contributed by atoms with Crippen LogP contribution in [0.25, 0.3) is 5.82 Å². The highest BCUT2D eigenvalue weighted by molar-refractivity contribution is 5.89. The molecule has 0 spiro atoms. The minimum Gasteiger partial charge on any atom is -0.353 e. The molecule has 1 aliphatic rings. The molecule has 3 heterocycles. The molecule has 0 radical (unpaired) electrons. The number of nitrogens with one attached hydrogen (secondary N) is 1. The molecular weight excluding hydrogens is 347 g/mol. The number of piperazine rings is 1. The van der Waals surface area contributed by atoms with Crippen LogP contribution in [0, 0.1) is 5.82 Å². The van der Waals surface area contributed by atoms with E-state index >= 15 is 0 Å². The molecule has 4 rings (SSSR count). The number of para-hydroxylation sites is 1. The first-order chi connectivity index (χ1) is 13.2. The van der Waals surface area contributed by atoms with E-state index in [9.17, 15) is 9.18 Å². The summed E-state index contributed by atoms with van der Waals surface area (Å²) < 4.78 is 15.6. The van der Waals surface area contributed by atoms with Crippen LogP contribution in [0.3, 0.4) is 0 Å². The molecule has 1 aromatic carbocycles. The molecule has 0 atom stereocenters. The maximum Gasteiger partial charge on any atom is 0.322 e. The number of nitrogens with zero attached hydrogens (tertiary/aromatic N) is 5. The molecule has 1 aliphatic heterocycles. The molecule has 0 aliphatic carbocycles. The molecule has 3 aromatic rings. The first-order valence-corrected chi connectivity index (χ1v) is 8.71. The lowest BCUT2D eigenvalue weighted by molar-refractivity contribution is 0.208. The fraction of sp³-hybridized carbons (Fsp3) is 0.211. The van der Waals surface area contributed by atoms with E-state index < -0.39 is 5.82 Å². The van der Waals surface area contributed by atoms with Crippen molar-refractivity contribution in [1.82, 2.24) is 19.4 Å². The average molecular weight is 366 g/mol. The van der Waals surface area contributed by atoms with E-state index in [-0.39, 0.29) is 11.7 Å². The van der Waals surface area contributed by atoms with Crippen molar-refractivity contribution in [3.8, 4) is 5.82 Å². The minimum atomic E-state index is -0.442. The topological polar surface area (TPSA) is 66.3 Å². The quantitative estimate of drug-likeness (QED) is 0.774. The number of hydrogen-bond acceptors (Lipinski definition) is 4. The Morgan fingerprint density at radius 2 is 1.67 bits per heavy atom. The van der Waals surface area contributed by atoms with Crippen molar-refractivity contribution >= 4 is 17.5 Å². The lowest BCUT2D eigenvalue weighted by atomic mass is 10.3. The number of hydrogen-bond donors (Lipinski definition) is 1. The Bertz CT molecular complexity index is 921. The Labute approximate surface area is 156 Å². The highest BCUT2D eigenvalue weighted by Gasteiger charge is 2.22. The molecule has 0 unspecified atom stereocenters. The van der Waals surface area contributed by atoms with Crippen LogP contribution >= 0.6 is 0 Å². The van der Waals surface area contributed by atoms with Crippen LogP contribution < -0.4 is 10.2 Å². The van der Waals surface area contributed by atoms with E-state index in [0.717, 1.165) is 11.6 Å². The maximum absolute atomic E-state index is 13.7. The summed E-state index contributed by atoms with van der Waals surface area (Å²) in [6.07, 6.45) is 5.40. The van der Waals surface area contributed by atoms with Crippen molar-refractivity contribution in [2.24, 2.45) is 0 Å². The van der Waals surface area contributed by atoms with Crippen molar-refractivity contribution in [2.45, 2.75) is 0 Å². The van der Waals surface area contributed by atoms with Gasteiger partial charge in [0.05, 0.1) is 5.69 Å². The second-order valence-corrected chi connectivity index (χ2v) is 6.21. The summed E-state index contributed by atoms with van der Waals surface area (Å²) in [7, 11) is 0. The van der Waals surface area contributed by atoms with E-state index in [1.165, 1.54) is 6.07 Å². The van der Waals surface area contributed by atoms with E-state index in [1.807, 2.05) is 35.2 Å². The molecule has 7 nitrogen and oxygen atoms in total. The van der Waals surface area contributed by atoms with Crippen LogP contribution in [0.5, 0.6) is 0 Å². The Kier molecular flexibility index (Phi) is 4.69. The number of anilines is 2. The second-order valence-electron chi connectivity index (χ2n) is 6.21. The van der Waals surface area contributed by atoms with Gasteiger partial charge in [0.25, 0.3) is 0 Å². The predicted octanol–water partition coefficient (Wildman–Crippen LogP) is 2.76. The fourth-order valence-electron chi connectivity index (χ4n) is 3.03. The van der Waals surface area contributed by atoms with Gasteiger partial charge in [-0.1, -0.05) is 12.1 Å². The maximum atomic E-state index is 13.7. The summed E-state index contributed by atoms with van der Waals surface area (Å²) in [6, 6.07) is 11.7. The van der Waals surface area contributed by atoms with Gasteiger partial charge in [-0.25, -0.2) is 19.2 Å². The number of halogens is 1. The van der Waals surface area contributed by atoms with Crippen molar-refractivity contribution < 1.29 is 9.18 Å². The number of rotatable bonds is 3. The van der Waals surface area contributed by atoms with Crippen LogP contribution in [0.1, 0.15) is 0 Å². The van der Waals surface area contributed by atoms with Crippen molar-refractivity contribution in [2.75, 3.05) is 36.4 Å². The number of urea groups is 1. The van der Waals surface area contributed by atoms with Gasteiger partial charge in [-0.2, -0.15) is 0 Å². The second kappa shape index (κ2) is 7.45. The van der Waals surface area contributed by atoms with E-state index in [2.05, 4.69) is 20.2 Å². The standard InChI is InChI=1S/C19H19FN6O/c20-15-5-1-2-6-16(15)23-19(27)26-11-9-25(10-12-26)18-13-17(21-14-22-18)24-7-3-4-8-24/h1-8,13-14H,9-12H2,(H,23,27). The van der Waals surface area contributed by atoms with Crippen molar-refractivity contribution in [3.63, 3.8) is 0 Å². The predicted molar refractivity (Wildman–Crippen MR) is 101 cm³/mol. The molecule has 1 saturated heterocycles. The summed E-state index contributed by atoms with van der Waals surface area (Å²) in [4.78, 5) is 24.8. The van der Waals surface area contributed by atoms with Gasteiger partial charge in [0.15, 0.2) is 0 Å². The fourth-order valence-corrected chi connectivity index (χ4v) is 3.03. The first-order valence-electron chi connectivity index (χ1n) is 8.71. The molecule has 1 fully saturated rings. The number of benzene rings is 1. The van der Waals surface area contributed by atoms with Gasteiger partial charge >= 0.3 is 6.03 Å². The molecule has 2 aromatic heterocycles. The smallest absolute Gasteiger partial charge is 0.322 e. The first kappa shape index (κ1) is 17.0. The minimum absolute atomic E-state index is 0.192. The molecule has 0 bridgehead atoms. The van der Waals surface area contributed by atoms with Gasteiger partial charge in [0.1, 0.15) is 23.8 Å². The van der Waals surface area contributed by atoms with E-state index in [4.69, 9.17) is 0 Å². The van der Waals surface area contributed by atoms with Gasteiger partial charge in [-0.15, -0.1) is 0 Å². The zero-order valence-electron chi connectivity index (χ0n) is 14.6. The van der Waals surface area contributed by atoms with Crippen LogP contribution in [-0.2, 0) is 0 Å². The molecular formula is C19H19FN6O. The summed E-state index contributed by atoms with van der Waals surface area (Å²) in [6.45, 7) is 2.35. The number of carbonyl (C=O) groups excluding carboxylic acids is 1. The molecule has 2 amide bonds. The molecule has 1 N–H and O–H groups in total. The third kappa shape index (κ3) is 3.74. The third-order valence-corrected chi connectivity index (χ3v) is 4.51. The Morgan fingerprint density at radius 1 is 0.963 bits per heavy atom. The van der Waals surface area contributed by atoms with Crippen LogP contribution in [-0.4, -0.2) is 51.6 Å². The summed E-state index contributed by atoms with van der Waals surface area (Å²) in [5, 5.41) is 2.63. The highest BCUT2D eigenvalue weighted by atomic mass is 19.1. The Morgan fingerprint density at radius 3 is 2.41 bits per heavy atom. The van der Waals surface area contributed by atoms with Gasteiger partial charge in [-0.3, -0.25) is 0 Å². The molecule has 138 valence electrons. The van der Waals surface area contributed by atoms with Crippen LogP contribution in [0.2, 0.25) is 0 Å². The summed E-state index contributed by atoms with van der Waals surface area (Å²) in [5.74, 6) is 1.18. The highest BCUT2D eigenvalue weighted by Crippen LogP contribution is 2.18. The average Bonchev–Trinajstić information content (AvgIpc) is 3.25. The number of aromatic nitrogens is 3. The molecule has 8 heteroatoms. The SMILES string of the molecule is O=C(Nc1ccccc1F)N1CCN(c2cc(-n3cccc3)ncn2)CC1.